The minimum absolute atomic E-state index is 0.300. The van der Waals surface area contributed by atoms with Crippen LogP contribution in [0, 0.1) is 27.3 Å². The number of anilines is 1. The number of thiophene rings is 1. The Morgan fingerprint density at radius 1 is 1.42 bits per heavy atom. The molecule has 0 spiro atoms. The second-order valence-corrected chi connectivity index (χ2v) is 4.85. The molecule has 96 valence electrons. The first-order valence-electron chi connectivity index (χ1n) is 5.26. The van der Waals surface area contributed by atoms with Crippen LogP contribution in [-0.2, 0) is 6.54 Å². The van der Waals surface area contributed by atoms with Crippen LogP contribution >= 0.6 is 11.3 Å². The van der Waals surface area contributed by atoms with Gasteiger partial charge in [-0.15, -0.1) is 11.3 Å². The zero-order valence-electron chi connectivity index (χ0n) is 9.59. The van der Waals surface area contributed by atoms with Crippen molar-refractivity contribution in [3.05, 3.63) is 56.0 Å². The Morgan fingerprint density at radius 2 is 2.21 bits per heavy atom. The number of nitro groups is 1. The summed E-state index contributed by atoms with van der Waals surface area (Å²) in [6.45, 7) is 0.382. The SMILES string of the molecule is N#Cc1ccc(CNc2cc(F)cc([N+](=O)[O-])c2)s1. The summed E-state index contributed by atoms with van der Waals surface area (Å²) in [5, 5.41) is 22.2. The molecule has 0 bridgehead atoms. The van der Waals surface area contributed by atoms with Crippen molar-refractivity contribution >= 4 is 22.7 Å². The van der Waals surface area contributed by atoms with Gasteiger partial charge in [0.25, 0.3) is 5.69 Å². The van der Waals surface area contributed by atoms with E-state index in [0.29, 0.717) is 17.1 Å². The Hall–Kier alpha value is -2.46. The maximum absolute atomic E-state index is 13.2. The Balaban J connectivity index is 2.11. The zero-order valence-corrected chi connectivity index (χ0v) is 10.4. The van der Waals surface area contributed by atoms with Gasteiger partial charge in [0.2, 0.25) is 0 Å². The molecule has 2 rings (SSSR count). The second kappa shape index (κ2) is 5.46. The molecular weight excluding hydrogens is 269 g/mol. The molecule has 1 aromatic carbocycles. The Morgan fingerprint density at radius 3 is 2.84 bits per heavy atom. The number of nitriles is 1. The number of non-ortho nitro benzene ring substituents is 1. The molecule has 1 heterocycles. The minimum atomic E-state index is -0.666. The first-order chi connectivity index (χ1) is 9.08. The molecule has 0 radical (unpaired) electrons. The molecule has 0 saturated heterocycles. The van der Waals surface area contributed by atoms with Crippen molar-refractivity contribution in [3.63, 3.8) is 0 Å². The molecule has 0 fully saturated rings. The lowest BCUT2D eigenvalue weighted by Gasteiger charge is -2.04. The molecule has 1 N–H and O–H groups in total. The summed E-state index contributed by atoms with van der Waals surface area (Å²) in [5.74, 6) is -0.666. The molecule has 0 aliphatic carbocycles. The lowest BCUT2D eigenvalue weighted by Crippen LogP contribution is -1.99. The van der Waals surface area contributed by atoms with Gasteiger partial charge >= 0.3 is 0 Å². The Kier molecular flexibility index (Phi) is 3.73. The molecule has 0 aliphatic heterocycles. The van der Waals surface area contributed by atoms with Crippen molar-refractivity contribution < 1.29 is 9.31 Å². The van der Waals surface area contributed by atoms with Gasteiger partial charge in [0.15, 0.2) is 0 Å². The average molecular weight is 277 g/mol. The monoisotopic (exact) mass is 277 g/mol. The molecule has 0 unspecified atom stereocenters. The highest BCUT2D eigenvalue weighted by atomic mass is 32.1. The fourth-order valence-corrected chi connectivity index (χ4v) is 2.25. The molecule has 0 atom stereocenters. The van der Waals surface area contributed by atoms with Gasteiger partial charge in [-0.3, -0.25) is 10.1 Å². The molecule has 0 saturated carbocycles. The van der Waals surface area contributed by atoms with Gasteiger partial charge in [-0.05, 0) is 18.2 Å². The lowest BCUT2D eigenvalue weighted by atomic mass is 10.2. The van der Waals surface area contributed by atoms with E-state index in [2.05, 4.69) is 5.32 Å². The molecule has 19 heavy (non-hydrogen) atoms. The summed E-state index contributed by atoms with van der Waals surface area (Å²) in [6, 6.07) is 8.81. The number of nitrogens with one attached hydrogen (secondary N) is 1. The van der Waals surface area contributed by atoms with Crippen molar-refractivity contribution in [3.8, 4) is 6.07 Å². The summed E-state index contributed by atoms with van der Waals surface area (Å²) in [5.41, 5.74) is 0.0324. The van der Waals surface area contributed by atoms with Gasteiger partial charge < -0.3 is 5.32 Å². The molecule has 2 aromatic rings. The molecule has 5 nitrogen and oxygen atoms in total. The number of hydrogen-bond acceptors (Lipinski definition) is 5. The predicted octanol–water partition coefficient (Wildman–Crippen LogP) is 3.28. The minimum Gasteiger partial charge on any atom is -0.380 e. The third-order valence-electron chi connectivity index (χ3n) is 2.33. The van der Waals surface area contributed by atoms with E-state index in [1.54, 1.807) is 12.1 Å². The van der Waals surface area contributed by atoms with Gasteiger partial charge in [-0.1, -0.05) is 0 Å². The van der Waals surface area contributed by atoms with Crippen molar-refractivity contribution in [2.45, 2.75) is 6.54 Å². The van der Waals surface area contributed by atoms with Crippen LogP contribution < -0.4 is 5.32 Å². The van der Waals surface area contributed by atoms with E-state index in [1.165, 1.54) is 23.5 Å². The smallest absolute Gasteiger partial charge is 0.274 e. The second-order valence-electron chi connectivity index (χ2n) is 3.69. The third-order valence-corrected chi connectivity index (χ3v) is 3.32. The van der Waals surface area contributed by atoms with Crippen LogP contribution in [0.1, 0.15) is 9.75 Å². The van der Waals surface area contributed by atoms with E-state index in [1.807, 2.05) is 6.07 Å². The average Bonchev–Trinajstić information content (AvgIpc) is 2.83. The van der Waals surface area contributed by atoms with Crippen LogP contribution in [0.15, 0.2) is 30.3 Å². The van der Waals surface area contributed by atoms with Gasteiger partial charge in [-0.2, -0.15) is 5.26 Å². The summed E-state index contributed by atoms with van der Waals surface area (Å²) < 4.78 is 13.2. The van der Waals surface area contributed by atoms with Crippen molar-refractivity contribution in [1.82, 2.24) is 0 Å². The van der Waals surface area contributed by atoms with E-state index < -0.39 is 10.7 Å². The summed E-state index contributed by atoms with van der Waals surface area (Å²) in [7, 11) is 0. The van der Waals surface area contributed by atoms with E-state index in [0.717, 1.165) is 10.9 Å². The van der Waals surface area contributed by atoms with Crippen LogP contribution in [0.4, 0.5) is 15.8 Å². The normalized spacial score (nSPS) is 9.89. The number of halogens is 1. The predicted molar refractivity (Wildman–Crippen MR) is 69.4 cm³/mol. The van der Waals surface area contributed by atoms with Crippen molar-refractivity contribution in [1.29, 1.82) is 5.26 Å². The van der Waals surface area contributed by atoms with Crippen LogP contribution in [0.2, 0.25) is 0 Å². The van der Waals surface area contributed by atoms with Gasteiger partial charge in [0.05, 0.1) is 11.0 Å². The highest BCUT2D eigenvalue weighted by molar-refractivity contribution is 7.12. The highest BCUT2D eigenvalue weighted by Gasteiger charge is 2.09. The van der Waals surface area contributed by atoms with Gasteiger partial charge in [-0.25, -0.2) is 4.39 Å². The number of hydrogen-bond donors (Lipinski definition) is 1. The first-order valence-corrected chi connectivity index (χ1v) is 6.08. The zero-order chi connectivity index (χ0) is 13.8. The van der Waals surface area contributed by atoms with Crippen LogP contribution in [-0.4, -0.2) is 4.92 Å². The van der Waals surface area contributed by atoms with E-state index in [4.69, 9.17) is 5.26 Å². The van der Waals surface area contributed by atoms with E-state index in [-0.39, 0.29) is 5.69 Å². The summed E-state index contributed by atoms with van der Waals surface area (Å²) in [4.78, 5) is 11.4. The largest absolute Gasteiger partial charge is 0.380 e. The fourth-order valence-electron chi connectivity index (χ4n) is 1.50. The fraction of sp³-hybridized carbons (Fsp3) is 0.0833. The Labute approximate surface area is 112 Å². The maximum atomic E-state index is 13.2. The van der Waals surface area contributed by atoms with Crippen LogP contribution in [0.3, 0.4) is 0 Å². The van der Waals surface area contributed by atoms with Crippen LogP contribution in [0.25, 0.3) is 0 Å². The molecule has 7 heteroatoms. The van der Waals surface area contributed by atoms with Crippen LogP contribution in [0.5, 0.6) is 0 Å². The number of rotatable bonds is 4. The first kappa shape index (κ1) is 13.0. The van der Waals surface area contributed by atoms with Gasteiger partial charge in [0.1, 0.15) is 16.8 Å². The molecular formula is C12H8FN3O2S. The maximum Gasteiger partial charge on any atom is 0.274 e. The topological polar surface area (TPSA) is 79.0 Å². The number of nitrogens with zero attached hydrogens (tertiary/aromatic N) is 2. The molecule has 1 aromatic heterocycles. The van der Waals surface area contributed by atoms with Crippen molar-refractivity contribution in [2.24, 2.45) is 0 Å². The summed E-state index contributed by atoms with van der Waals surface area (Å²) >= 11 is 1.32. The number of nitro benzene ring substituents is 1. The lowest BCUT2D eigenvalue weighted by molar-refractivity contribution is -0.385. The molecule has 0 amide bonds. The number of benzene rings is 1. The summed E-state index contributed by atoms with van der Waals surface area (Å²) in [6.07, 6.45) is 0. The standard InChI is InChI=1S/C12H8FN3O2S/c13-8-3-9(5-10(4-8)16(17)18)15-7-12-2-1-11(6-14)19-12/h1-5,15H,7H2. The van der Waals surface area contributed by atoms with E-state index in [9.17, 15) is 14.5 Å². The highest BCUT2D eigenvalue weighted by Crippen LogP contribution is 2.22. The Bertz CT molecular complexity index is 663. The van der Waals surface area contributed by atoms with E-state index >= 15 is 0 Å². The van der Waals surface area contributed by atoms with Crippen molar-refractivity contribution in [2.75, 3.05) is 5.32 Å². The quantitative estimate of drug-likeness (QED) is 0.687. The molecule has 0 aliphatic rings. The third kappa shape index (κ3) is 3.26. The van der Waals surface area contributed by atoms with Gasteiger partial charge in [0, 0.05) is 23.2 Å².